The van der Waals surface area contributed by atoms with Crippen LogP contribution in [0.5, 0.6) is 0 Å². The Kier molecular flexibility index (Phi) is 2.51. The average Bonchev–Trinajstić information content (AvgIpc) is 3.27. The Hall–Kier alpha value is -1.89. The van der Waals surface area contributed by atoms with Crippen molar-refractivity contribution < 1.29 is 0 Å². The van der Waals surface area contributed by atoms with E-state index in [0.29, 0.717) is 0 Å². The van der Waals surface area contributed by atoms with Gasteiger partial charge in [0.15, 0.2) is 0 Å². The molecule has 1 heteroatoms. The predicted molar refractivity (Wildman–Crippen MR) is 77.8 cm³/mol. The van der Waals surface area contributed by atoms with E-state index < -0.39 is 0 Å². The minimum Gasteiger partial charge on any atom is -0.264 e. The molecule has 0 spiro atoms. The van der Waals surface area contributed by atoms with Gasteiger partial charge in [0.1, 0.15) is 0 Å². The summed E-state index contributed by atoms with van der Waals surface area (Å²) < 4.78 is 0. The lowest BCUT2D eigenvalue weighted by molar-refractivity contribution is 0.514. The zero-order valence-corrected chi connectivity index (χ0v) is 10.9. The molecule has 0 aliphatic heterocycles. The minimum atomic E-state index is 0.724. The molecular formula is C18H17N. The van der Waals surface area contributed by atoms with Crippen molar-refractivity contribution in [2.24, 2.45) is 5.92 Å². The maximum atomic E-state index is 4.21. The van der Waals surface area contributed by atoms with Crippen LogP contribution in [0.1, 0.15) is 30.7 Å². The third kappa shape index (κ3) is 2.10. The van der Waals surface area contributed by atoms with Crippen molar-refractivity contribution in [3.05, 3.63) is 66.0 Å². The van der Waals surface area contributed by atoms with Gasteiger partial charge in [-0.25, -0.2) is 0 Å². The maximum absolute atomic E-state index is 4.21. The Bertz CT molecular complexity index is 627. The van der Waals surface area contributed by atoms with Crippen LogP contribution in [0.4, 0.5) is 0 Å². The summed E-state index contributed by atoms with van der Waals surface area (Å²) in [5.41, 5.74) is 5.69. The molecule has 2 aromatic rings. The molecule has 0 bridgehead atoms. The van der Waals surface area contributed by atoms with E-state index in [1.807, 2.05) is 18.5 Å². The molecule has 0 radical (unpaired) electrons. The second-order valence-corrected chi connectivity index (χ2v) is 5.69. The van der Waals surface area contributed by atoms with E-state index in [2.05, 4.69) is 41.4 Å². The van der Waals surface area contributed by atoms with Gasteiger partial charge >= 0.3 is 0 Å². The molecule has 0 amide bonds. The lowest BCUT2D eigenvalue weighted by Crippen LogP contribution is -2.05. The number of pyridine rings is 1. The third-order valence-corrected chi connectivity index (χ3v) is 4.44. The molecule has 2 aliphatic rings. The van der Waals surface area contributed by atoms with Gasteiger partial charge in [-0.15, -0.1) is 0 Å². The molecule has 1 heterocycles. The smallest absolute Gasteiger partial charge is 0.0346 e. The number of hydrogen-bond donors (Lipinski definition) is 0. The van der Waals surface area contributed by atoms with E-state index in [-0.39, 0.29) is 0 Å². The Balaban J connectivity index is 1.64. The topological polar surface area (TPSA) is 12.9 Å². The van der Waals surface area contributed by atoms with E-state index in [1.165, 1.54) is 36.0 Å². The van der Waals surface area contributed by atoms with Gasteiger partial charge in [0.25, 0.3) is 0 Å². The molecule has 1 fully saturated rings. The molecule has 1 saturated carbocycles. The first-order chi connectivity index (χ1) is 9.40. The SMILES string of the molecule is C1=C2C[C@@H](c3cccc(-c4cccnc4)c3)CC[C@H]12. The van der Waals surface area contributed by atoms with Gasteiger partial charge in [0.2, 0.25) is 0 Å². The van der Waals surface area contributed by atoms with Crippen molar-refractivity contribution in [3.8, 4) is 11.1 Å². The molecule has 0 unspecified atom stereocenters. The number of rotatable bonds is 2. The summed E-state index contributed by atoms with van der Waals surface area (Å²) in [7, 11) is 0. The van der Waals surface area contributed by atoms with E-state index in [1.54, 1.807) is 5.57 Å². The summed E-state index contributed by atoms with van der Waals surface area (Å²) in [6.07, 6.45) is 10.2. The van der Waals surface area contributed by atoms with Crippen LogP contribution in [-0.2, 0) is 0 Å². The molecular weight excluding hydrogens is 230 g/mol. The van der Waals surface area contributed by atoms with Gasteiger partial charge in [0.05, 0.1) is 0 Å². The highest BCUT2D eigenvalue weighted by Crippen LogP contribution is 2.48. The molecule has 94 valence electrons. The summed E-state index contributed by atoms with van der Waals surface area (Å²) in [6, 6.07) is 13.1. The van der Waals surface area contributed by atoms with Gasteiger partial charge in [-0.05, 0) is 53.9 Å². The number of aromatic nitrogens is 1. The Labute approximate surface area is 114 Å². The first-order valence-electron chi connectivity index (χ1n) is 7.11. The summed E-state index contributed by atoms with van der Waals surface area (Å²) in [5, 5.41) is 0. The summed E-state index contributed by atoms with van der Waals surface area (Å²) in [6.45, 7) is 0. The van der Waals surface area contributed by atoms with E-state index >= 15 is 0 Å². The zero-order valence-electron chi connectivity index (χ0n) is 10.9. The molecule has 4 rings (SSSR count). The van der Waals surface area contributed by atoms with Crippen LogP contribution in [0.2, 0.25) is 0 Å². The van der Waals surface area contributed by atoms with Gasteiger partial charge in [-0.3, -0.25) is 4.98 Å². The standard InChI is InChI=1S/C18H17N/c1-3-13(15-6-7-16-11-18(16)10-15)9-14(4-1)17-5-2-8-19-12-17/h1-5,8-9,11-12,15-16H,6-7,10H2/t15-,16+/m0/s1. The van der Waals surface area contributed by atoms with Crippen molar-refractivity contribution in [1.29, 1.82) is 0 Å². The van der Waals surface area contributed by atoms with Crippen LogP contribution >= 0.6 is 0 Å². The fourth-order valence-electron chi connectivity index (χ4n) is 3.26. The number of benzene rings is 1. The largest absolute Gasteiger partial charge is 0.264 e. The molecule has 0 saturated heterocycles. The summed E-state index contributed by atoms with van der Waals surface area (Å²) >= 11 is 0. The molecule has 19 heavy (non-hydrogen) atoms. The number of fused-ring (bicyclic) bond motifs is 1. The highest BCUT2D eigenvalue weighted by Gasteiger charge is 2.32. The summed E-state index contributed by atoms with van der Waals surface area (Å²) in [4.78, 5) is 4.21. The first-order valence-corrected chi connectivity index (χ1v) is 7.11. The van der Waals surface area contributed by atoms with E-state index in [4.69, 9.17) is 0 Å². The fourth-order valence-corrected chi connectivity index (χ4v) is 3.26. The van der Waals surface area contributed by atoms with Crippen LogP contribution in [0.25, 0.3) is 11.1 Å². The van der Waals surface area contributed by atoms with Crippen molar-refractivity contribution in [2.45, 2.75) is 25.2 Å². The average molecular weight is 247 g/mol. The van der Waals surface area contributed by atoms with Crippen molar-refractivity contribution in [3.63, 3.8) is 0 Å². The Morgan fingerprint density at radius 1 is 1.00 bits per heavy atom. The number of nitrogens with zero attached hydrogens (tertiary/aromatic N) is 1. The zero-order chi connectivity index (χ0) is 12.7. The molecule has 2 aliphatic carbocycles. The van der Waals surface area contributed by atoms with Crippen LogP contribution in [0, 0.1) is 5.92 Å². The van der Waals surface area contributed by atoms with Gasteiger partial charge in [0, 0.05) is 12.4 Å². The van der Waals surface area contributed by atoms with Crippen LogP contribution in [0.3, 0.4) is 0 Å². The highest BCUT2D eigenvalue weighted by atomic mass is 14.6. The monoisotopic (exact) mass is 247 g/mol. The van der Waals surface area contributed by atoms with Gasteiger partial charge in [-0.2, -0.15) is 0 Å². The molecule has 2 atom stereocenters. The minimum absolute atomic E-state index is 0.724. The Morgan fingerprint density at radius 3 is 2.79 bits per heavy atom. The van der Waals surface area contributed by atoms with Crippen molar-refractivity contribution >= 4 is 0 Å². The second kappa shape index (κ2) is 4.34. The van der Waals surface area contributed by atoms with Crippen molar-refractivity contribution in [1.82, 2.24) is 4.98 Å². The second-order valence-electron chi connectivity index (χ2n) is 5.69. The van der Waals surface area contributed by atoms with Crippen molar-refractivity contribution in [2.75, 3.05) is 0 Å². The number of hydrogen-bond acceptors (Lipinski definition) is 1. The van der Waals surface area contributed by atoms with Crippen LogP contribution < -0.4 is 0 Å². The lowest BCUT2D eigenvalue weighted by Gasteiger charge is -2.21. The normalized spacial score (nSPS) is 24.5. The lowest BCUT2D eigenvalue weighted by atomic mass is 9.83. The quantitative estimate of drug-likeness (QED) is 0.708. The predicted octanol–water partition coefficient (Wildman–Crippen LogP) is 4.57. The van der Waals surface area contributed by atoms with E-state index in [9.17, 15) is 0 Å². The Morgan fingerprint density at radius 2 is 1.95 bits per heavy atom. The molecule has 1 nitrogen and oxygen atoms in total. The van der Waals surface area contributed by atoms with Crippen LogP contribution in [0.15, 0.2) is 60.4 Å². The highest BCUT2D eigenvalue weighted by molar-refractivity contribution is 5.63. The summed E-state index contributed by atoms with van der Waals surface area (Å²) in [5.74, 6) is 1.60. The molecule has 1 aromatic carbocycles. The van der Waals surface area contributed by atoms with Gasteiger partial charge in [-0.1, -0.05) is 42.0 Å². The van der Waals surface area contributed by atoms with E-state index in [0.717, 1.165) is 11.8 Å². The third-order valence-electron chi connectivity index (χ3n) is 4.44. The van der Waals surface area contributed by atoms with Crippen LogP contribution in [-0.4, -0.2) is 4.98 Å². The number of allylic oxidation sites excluding steroid dienone is 2. The first kappa shape index (κ1) is 11.0. The fraction of sp³-hybridized carbons (Fsp3) is 0.278. The molecule has 1 aromatic heterocycles. The molecule has 0 N–H and O–H groups in total. The van der Waals surface area contributed by atoms with Gasteiger partial charge < -0.3 is 0 Å². The maximum Gasteiger partial charge on any atom is 0.0346 e.